The number of ether oxygens (including phenoxy) is 1. The van der Waals surface area contributed by atoms with Crippen LogP contribution in [-0.2, 0) is 24.1 Å². The number of alkyl halides is 3. The van der Waals surface area contributed by atoms with Gasteiger partial charge in [0.05, 0.1) is 26.9 Å². The van der Waals surface area contributed by atoms with Gasteiger partial charge in [-0.05, 0) is 66.6 Å². The molecule has 1 aromatic heterocycles. The van der Waals surface area contributed by atoms with Gasteiger partial charge in [-0.15, -0.1) is 5.10 Å². The zero-order chi connectivity index (χ0) is 29.0. The van der Waals surface area contributed by atoms with Crippen LogP contribution in [-0.4, -0.2) is 31.9 Å². The molecule has 0 spiro atoms. The first-order valence-corrected chi connectivity index (χ1v) is 12.6. The Morgan fingerprint density at radius 1 is 1.00 bits per heavy atom. The van der Waals surface area contributed by atoms with Gasteiger partial charge in [0, 0.05) is 18.5 Å². The zero-order valence-corrected chi connectivity index (χ0v) is 22.0. The fraction of sp³-hybridized carbons (Fsp3) is 0.222. The van der Waals surface area contributed by atoms with Crippen LogP contribution in [0.25, 0.3) is 10.9 Å². The van der Waals surface area contributed by atoms with Crippen LogP contribution in [0.3, 0.4) is 0 Å². The summed E-state index contributed by atoms with van der Waals surface area (Å²) in [5, 5.41) is 17.6. The molecule has 0 aliphatic rings. The minimum atomic E-state index is -4.65. The Labute approximate surface area is 234 Å². The number of hydrogen-bond acceptors (Lipinski definition) is 6. The van der Waals surface area contributed by atoms with Gasteiger partial charge in [-0.2, -0.15) is 13.2 Å². The normalized spacial score (nSPS) is 12.3. The van der Waals surface area contributed by atoms with Gasteiger partial charge in [0.25, 0.3) is 5.56 Å². The molecule has 1 atom stereocenters. The van der Waals surface area contributed by atoms with Crippen molar-refractivity contribution in [2.75, 3.05) is 0 Å². The first-order chi connectivity index (χ1) is 18.9. The quantitative estimate of drug-likeness (QED) is 0.222. The van der Waals surface area contributed by atoms with Gasteiger partial charge in [-0.1, -0.05) is 34.5 Å². The standard InChI is InChI=1S/C27H20Cl2F3N3O5/c28-21-7-1-15(11-22(21)29)14-40-19-5-2-16(3-6-19)24(36)12-17(26(38)39)9-10-35-25(37)20-13-18(27(30,31)32)4-8-23(20)33-34-35/h1-8,11,13,17H,9-10,12,14H2,(H,38,39). The Kier molecular flexibility index (Phi) is 8.75. The van der Waals surface area contributed by atoms with Gasteiger partial charge in [0.15, 0.2) is 5.78 Å². The van der Waals surface area contributed by atoms with Gasteiger partial charge in [-0.3, -0.25) is 14.4 Å². The number of carbonyl (C=O) groups excluding carboxylic acids is 1. The number of ketones is 1. The molecule has 1 heterocycles. The molecule has 0 fully saturated rings. The van der Waals surface area contributed by atoms with E-state index in [0.29, 0.717) is 21.9 Å². The molecule has 0 radical (unpaired) electrons. The highest BCUT2D eigenvalue weighted by Crippen LogP contribution is 2.30. The number of aromatic nitrogens is 3. The van der Waals surface area contributed by atoms with Crippen LogP contribution in [0, 0.1) is 5.92 Å². The molecule has 13 heteroatoms. The van der Waals surface area contributed by atoms with Gasteiger partial charge < -0.3 is 9.84 Å². The third kappa shape index (κ3) is 6.97. The molecule has 3 aromatic carbocycles. The summed E-state index contributed by atoms with van der Waals surface area (Å²) in [6, 6.07) is 13.7. The number of Topliss-reactive ketones (excluding diaryl/α,β-unsaturated/α-hetero) is 1. The highest BCUT2D eigenvalue weighted by atomic mass is 35.5. The molecule has 4 rings (SSSR count). The van der Waals surface area contributed by atoms with Crippen molar-refractivity contribution in [3.8, 4) is 5.75 Å². The molecule has 1 N–H and O–H groups in total. The highest BCUT2D eigenvalue weighted by molar-refractivity contribution is 6.42. The van der Waals surface area contributed by atoms with E-state index in [-0.39, 0.29) is 42.5 Å². The van der Waals surface area contributed by atoms with Crippen LogP contribution in [0.4, 0.5) is 13.2 Å². The number of carboxylic acids is 1. The summed E-state index contributed by atoms with van der Waals surface area (Å²) < 4.78 is 45.6. The monoisotopic (exact) mass is 593 g/mol. The number of carboxylic acid groups (broad SMARTS) is 1. The van der Waals surface area contributed by atoms with E-state index in [1.165, 1.54) is 12.1 Å². The molecule has 0 bridgehead atoms. The summed E-state index contributed by atoms with van der Waals surface area (Å²) in [4.78, 5) is 37.3. The third-order valence-corrected chi connectivity index (χ3v) is 6.82. The number of fused-ring (bicyclic) bond motifs is 1. The van der Waals surface area contributed by atoms with E-state index in [1.54, 1.807) is 30.3 Å². The van der Waals surface area contributed by atoms with E-state index in [2.05, 4.69) is 10.3 Å². The number of benzene rings is 3. The molecule has 0 aliphatic carbocycles. The van der Waals surface area contributed by atoms with E-state index in [0.717, 1.165) is 22.4 Å². The van der Waals surface area contributed by atoms with Crippen LogP contribution in [0.15, 0.2) is 65.5 Å². The van der Waals surface area contributed by atoms with E-state index in [4.69, 9.17) is 27.9 Å². The predicted molar refractivity (Wildman–Crippen MR) is 141 cm³/mol. The Bertz CT molecular complexity index is 1630. The second kappa shape index (κ2) is 12.1. The summed E-state index contributed by atoms with van der Waals surface area (Å²) in [7, 11) is 0. The van der Waals surface area contributed by atoms with Crippen molar-refractivity contribution in [2.45, 2.75) is 32.2 Å². The SMILES string of the molecule is O=C(CC(CCn1nnc2ccc(C(F)(F)F)cc2c1=O)C(=O)O)c1ccc(OCc2ccc(Cl)c(Cl)c2)cc1. The Balaban J connectivity index is 1.39. The van der Waals surface area contributed by atoms with Gasteiger partial charge in [0.2, 0.25) is 0 Å². The van der Waals surface area contributed by atoms with E-state index >= 15 is 0 Å². The lowest BCUT2D eigenvalue weighted by Crippen LogP contribution is -2.27. The Morgan fingerprint density at radius 2 is 1.73 bits per heavy atom. The number of aryl methyl sites for hydroxylation is 1. The number of nitrogens with zero attached hydrogens (tertiary/aromatic N) is 3. The average molecular weight is 594 g/mol. The van der Waals surface area contributed by atoms with Crippen molar-refractivity contribution in [2.24, 2.45) is 5.92 Å². The van der Waals surface area contributed by atoms with Gasteiger partial charge in [-0.25, -0.2) is 4.68 Å². The average Bonchev–Trinajstić information content (AvgIpc) is 2.92. The lowest BCUT2D eigenvalue weighted by atomic mass is 9.95. The fourth-order valence-electron chi connectivity index (χ4n) is 3.86. The number of aliphatic carboxylic acids is 1. The number of halogens is 5. The molecular formula is C27H20Cl2F3N3O5. The summed E-state index contributed by atoms with van der Waals surface area (Å²) in [6.45, 7) is -0.0520. The van der Waals surface area contributed by atoms with E-state index in [9.17, 15) is 32.7 Å². The highest BCUT2D eigenvalue weighted by Gasteiger charge is 2.31. The maximum atomic E-state index is 13.1. The summed E-state index contributed by atoms with van der Waals surface area (Å²) in [5.41, 5.74) is -0.839. The summed E-state index contributed by atoms with van der Waals surface area (Å²) >= 11 is 11.9. The molecule has 0 saturated heterocycles. The van der Waals surface area contributed by atoms with E-state index in [1.807, 2.05) is 0 Å². The number of carbonyl (C=O) groups is 2. The fourth-order valence-corrected chi connectivity index (χ4v) is 4.19. The number of rotatable bonds is 10. The lowest BCUT2D eigenvalue weighted by molar-refractivity contribution is -0.142. The van der Waals surface area contributed by atoms with Crippen molar-refractivity contribution in [1.82, 2.24) is 15.0 Å². The maximum Gasteiger partial charge on any atom is 0.416 e. The molecule has 40 heavy (non-hydrogen) atoms. The first kappa shape index (κ1) is 29.0. The predicted octanol–water partition coefficient (Wildman–Crippen LogP) is 6.06. The van der Waals surface area contributed by atoms with Crippen molar-refractivity contribution in [3.63, 3.8) is 0 Å². The second-order valence-electron chi connectivity index (χ2n) is 8.86. The summed E-state index contributed by atoms with van der Waals surface area (Å²) in [5.74, 6) is -2.42. The molecule has 0 saturated carbocycles. The lowest BCUT2D eigenvalue weighted by Gasteiger charge is -2.13. The number of hydrogen-bond donors (Lipinski definition) is 1. The largest absolute Gasteiger partial charge is 0.489 e. The Hall–Kier alpha value is -3.96. The molecule has 0 aliphatic heterocycles. The zero-order valence-electron chi connectivity index (χ0n) is 20.5. The second-order valence-corrected chi connectivity index (χ2v) is 9.67. The van der Waals surface area contributed by atoms with Crippen molar-refractivity contribution in [1.29, 1.82) is 0 Å². The van der Waals surface area contributed by atoms with E-state index < -0.39 is 35.0 Å². The molecule has 1 unspecified atom stereocenters. The minimum absolute atomic E-state index is 0.0244. The minimum Gasteiger partial charge on any atom is -0.489 e. The van der Waals surface area contributed by atoms with Crippen molar-refractivity contribution in [3.05, 3.63) is 97.8 Å². The first-order valence-electron chi connectivity index (χ1n) is 11.8. The van der Waals surface area contributed by atoms with Gasteiger partial charge >= 0.3 is 12.1 Å². The summed E-state index contributed by atoms with van der Waals surface area (Å²) in [6.07, 6.45) is -5.20. The molecule has 8 nitrogen and oxygen atoms in total. The maximum absolute atomic E-state index is 13.1. The van der Waals surface area contributed by atoms with Crippen LogP contribution in [0.2, 0.25) is 10.0 Å². The molecule has 0 amide bonds. The molecular weight excluding hydrogens is 574 g/mol. The topological polar surface area (TPSA) is 111 Å². The van der Waals surface area contributed by atoms with Crippen LogP contribution in [0.5, 0.6) is 5.75 Å². The molecule has 208 valence electrons. The van der Waals surface area contributed by atoms with Crippen LogP contribution in [0.1, 0.15) is 34.3 Å². The van der Waals surface area contributed by atoms with Gasteiger partial charge in [0.1, 0.15) is 17.9 Å². The van der Waals surface area contributed by atoms with Crippen LogP contribution >= 0.6 is 23.2 Å². The van der Waals surface area contributed by atoms with Crippen molar-refractivity contribution >= 4 is 45.9 Å². The van der Waals surface area contributed by atoms with Crippen LogP contribution < -0.4 is 10.3 Å². The molecule has 4 aromatic rings. The Morgan fingerprint density at radius 3 is 2.38 bits per heavy atom. The smallest absolute Gasteiger partial charge is 0.416 e. The van der Waals surface area contributed by atoms with Crippen molar-refractivity contribution < 1.29 is 32.6 Å². The third-order valence-electron chi connectivity index (χ3n) is 6.09.